The average Bonchev–Trinajstić information content (AvgIpc) is 3.54. The molecule has 8 nitrogen and oxygen atoms in total. The highest BCUT2D eigenvalue weighted by molar-refractivity contribution is 7.86. The molecular weight excluding hydrogens is 812 g/mol. The van der Waals surface area contributed by atoms with Crippen LogP contribution in [0.1, 0.15) is 110 Å². The zero-order chi connectivity index (χ0) is 43.4. The lowest BCUT2D eigenvalue weighted by Crippen LogP contribution is -2.28. The fraction of sp³-hybridized carbons (Fsp3) is 0.408. The van der Waals surface area contributed by atoms with Gasteiger partial charge in [-0.1, -0.05) is 86.8 Å². The fourth-order valence-electron chi connectivity index (χ4n) is 9.70. The summed E-state index contributed by atoms with van der Waals surface area (Å²) >= 11 is 7.34. The predicted octanol–water partition coefficient (Wildman–Crippen LogP) is 12.0. The number of halogens is 1. The first-order chi connectivity index (χ1) is 28.2. The van der Waals surface area contributed by atoms with Crippen molar-refractivity contribution in [1.29, 1.82) is 0 Å². The Labute approximate surface area is 361 Å². The van der Waals surface area contributed by atoms with Crippen LogP contribution in [0.2, 0.25) is 0 Å². The van der Waals surface area contributed by atoms with Gasteiger partial charge in [-0.15, -0.1) is 0 Å². The average molecular weight is 871 g/mol. The van der Waals surface area contributed by atoms with Crippen LogP contribution in [0.15, 0.2) is 112 Å². The van der Waals surface area contributed by atoms with Crippen LogP contribution in [0.25, 0.3) is 21.5 Å². The van der Waals surface area contributed by atoms with Crippen LogP contribution in [0, 0.1) is 6.92 Å². The van der Waals surface area contributed by atoms with Crippen molar-refractivity contribution in [3.8, 4) is 0 Å². The number of benzene rings is 4. The van der Waals surface area contributed by atoms with Gasteiger partial charge in [0.2, 0.25) is 5.69 Å². The number of nitrogens with zero attached hydrogens (tertiary/aromatic N) is 2. The summed E-state index contributed by atoms with van der Waals surface area (Å²) in [6.07, 6.45) is 15.6. The summed E-state index contributed by atoms with van der Waals surface area (Å²) in [6, 6.07) is 19.8. The Kier molecular flexibility index (Phi) is 12.2. The minimum atomic E-state index is -4.39. The Hall–Kier alpha value is -4.06. The van der Waals surface area contributed by atoms with E-state index in [1.54, 1.807) is 6.07 Å². The molecule has 0 saturated heterocycles. The molecule has 1 atom stereocenters. The molecule has 0 spiro atoms. The van der Waals surface area contributed by atoms with Crippen LogP contribution in [-0.4, -0.2) is 54.6 Å². The maximum atomic E-state index is 12.0. The van der Waals surface area contributed by atoms with Gasteiger partial charge in [-0.3, -0.25) is 9.11 Å². The summed E-state index contributed by atoms with van der Waals surface area (Å²) in [5.74, 6) is 0. The molecule has 0 aromatic heterocycles. The molecule has 7 rings (SSSR count). The van der Waals surface area contributed by atoms with E-state index in [9.17, 15) is 25.9 Å². The summed E-state index contributed by atoms with van der Waals surface area (Å²) in [5, 5.41) is 3.97. The van der Waals surface area contributed by atoms with Crippen molar-refractivity contribution in [3.05, 3.63) is 124 Å². The van der Waals surface area contributed by atoms with Gasteiger partial charge in [-0.2, -0.15) is 21.4 Å². The molecule has 0 fully saturated rings. The standard InChI is InChI=1S/C49H57ClN2O6S2/c1-8-9-10-28-51-41-24-17-36-30-32(2)16-22-39(36)45(41)48(4,5)43(51)26-19-34-14-11-15-35(47(34)50)20-27-44-49(6,7)46-40-23-21-38(60(56,57)58)31-37(40)18-25-42(46)52(44)29-12-13-33(3)59(53,54)55/h16-27,30-31,33H,8-15,28-29H2,1-7H3,(H-,53,54,55,56,57,58)/p+1. The van der Waals surface area contributed by atoms with E-state index in [4.69, 9.17) is 11.6 Å². The molecule has 2 aliphatic heterocycles. The molecule has 1 unspecified atom stereocenters. The van der Waals surface area contributed by atoms with Gasteiger partial charge in [-0.25, -0.2) is 0 Å². The number of hydrogen-bond acceptors (Lipinski definition) is 5. The van der Waals surface area contributed by atoms with E-state index in [0.717, 1.165) is 77.2 Å². The van der Waals surface area contributed by atoms with E-state index >= 15 is 0 Å². The fourth-order valence-corrected chi connectivity index (χ4v) is 11.0. The summed E-state index contributed by atoms with van der Waals surface area (Å²) < 4.78 is 69.7. The van der Waals surface area contributed by atoms with Gasteiger partial charge in [0.1, 0.15) is 6.54 Å². The highest BCUT2D eigenvalue weighted by Gasteiger charge is 2.46. The first-order valence-corrected chi connectivity index (χ1v) is 24.5. The lowest BCUT2D eigenvalue weighted by atomic mass is 9.78. The second-order valence-electron chi connectivity index (χ2n) is 17.9. The number of fused-ring (bicyclic) bond motifs is 6. The van der Waals surface area contributed by atoms with Gasteiger partial charge in [0.15, 0.2) is 5.71 Å². The Bertz CT molecular complexity index is 2780. The topological polar surface area (TPSA) is 115 Å². The van der Waals surface area contributed by atoms with Crippen LogP contribution >= 0.6 is 11.6 Å². The third kappa shape index (κ3) is 8.30. The highest BCUT2D eigenvalue weighted by atomic mass is 35.5. The zero-order valence-electron chi connectivity index (χ0n) is 35.8. The van der Waals surface area contributed by atoms with Crippen LogP contribution in [-0.2, 0) is 31.1 Å². The molecule has 0 radical (unpaired) electrons. The smallest absolute Gasteiger partial charge is 0.294 e. The van der Waals surface area contributed by atoms with Crippen LogP contribution in [0.5, 0.6) is 0 Å². The van der Waals surface area contributed by atoms with Gasteiger partial charge in [0.25, 0.3) is 20.2 Å². The van der Waals surface area contributed by atoms with E-state index in [2.05, 4.69) is 106 Å². The van der Waals surface area contributed by atoms with Gasteiger partial charge in [0, 0.05) is 52.5 Å². The molecule has 0 saturated carbocycles. The van der Waals surface area contributed by atoms with E-state index in [0.29, 0.717) is 18.4 Å². The SMILES string of the molecule is CCCCC[N+]1=C(/C=C/C2=C(Cl)C(=C/C=C3/N(CCCC(C)S(=O)(=O)O)c4ccc5cc(S(=O)(=O)O)ccc5c4C3(C)C)/CCC2)C(C)(C)c2c1ccc1cc(C)ccc21. The minimum Gasteiger partial charge on any atom is -0.344 e. The molecule has 2 N–H and O–H groups in total. The number of rotatable bonds is 13. The van der Waals surface area contributed by atoms with Crippen LogP contribution in [0.3, 0.4) is 0 Å². The first kappa shape index (κ1) is 44.0. The predicted molar refractivity (Wildman–Crippen MR) is 247 cm³/mol. The molecule has 4 aromatic rings. The molecule has 1 aliphatic carbocycles. The van der Waals surface area contributed by atoms with Gasteiger partial charge in [0.05, 0.1) is 15.6 Å². The van der Waals surface area contributed by atoms with Crippen molar-refractivity contribution >= 4 is 70.5 Å². The molecular formula is C49H58ClN2O6S2+. The summed E-state index contributed by atoms with van der Waals surface area (Å²) in [6.45, 7) is 16.3. The molecule has 318 valence electrons. The molecule has 0 amide bonds. The number of unbranched alkanes of at least 4 members (excludes halogenated alkanes) is 2. The monoisotopic (exact) mass is 869 g/mol. The Morgan fingerprint density at radius 2 is 1.53 bits per heavy atom. The quantitative estimate of drug-likeness (QED) is 0.0781. The van der Waals surface area contributed by atoms with Crippen molar-refractivity contribution in [1.82, 2.24) is 0 Å². The largest absolute Gasteiger partial charge is 0.344 e. The van der Waals surface area contributed by atoms with Gasteiger partial charge in [-0.05, 0) is 135 Å². The number of anilines is 1. The van der Waals surface area contributed by atoms with Gasteiger partial charge >= 0.3 is 0 Å². The number of allylic oxidation sites excluding steroid dienone is 8. The minimum absolute atomic E-state index is 0.168. The Morgan fingerprint density at radius 1 is 0.833 bits per heavy atom. The van der Waals surface area contributed by atoms with Crippen molar-refractivity contribution in [2.45, 2.75) is 121 Å². The number of aryl methyl sites for hydroxylation is 1. The Balaban J connectivity index is 1.27. The third-order valence-electron chi connectivity index (χ3n) is 12.9. The Morgan fingerprint density at radius 3 is 2.25 bits per heavy atom. The molecule has 3 aliphatic rings. The molecule has 2 heterocycles. The molecule has 11 heteroatoms. The third-order valence-corrected chi connectivity index (χ3v) is 15.5. The van der Waals surface area contributed by atoms with Crippen LogP contribution < -0.4 is 4.90 Å². The van der Waals surface area contributed by atoms with Crippen LogP contribution in [0.4, 0.5) is 11.4 Å². The first-order valence-electron chi connectivity index (χ1n) is 21.2. The second kappa shape index (κ2) is 16.7. The van der Waals surface area contributed by atoms with E-state index in [1.807, 2.05) is 12.1 Å². The second-order valence-corrected chi connectivity index (χ2v) is 21.5. The molecule has 4 aromatic carbocycles. The summed E-state index contributed by atoms with van der Waals surface area (Å²) in [7, 11) is -8.56. The summed E-state index contributed by atoms with van der Waals surface area (Å²) in [5.41, 5.74) is 9.51. The number of hydrogen-bond donors (Lipinski definition) is 2. The maximum Gasteiger partial charge on any atom is 0.294 e. The summed E-state index contributed by atoms with van der Waals surface area (Å²) in [4.78, 5) is 2.04. The zero-order valence-corrected chi connectivity index (χ0v) is 38.2. The van der Waals surface area contributed by atoms with Crippen molar-refractivity contribution in [3.63, 3.8) is 0 Å². The van der Waals surface area contributed by atoms with Crippen molar-refractivity contribution < 1.29 is 30.5 Å². The molecule has 0 bridgehead atoms. The van der Waals surface area contributed by atoms with Crippen molar-refractivity contribution in [2.75, 3.05) is 18.0 Å². The lowest BCUT2D eigenvalue weighted by molar-refractivity contribution is -0.438. The van der Waals surface area contributed by atoms with Crippen molar-refractivity contribution in [2.24, 2.45) is 0 Å². The van der Waals surface area contributed by atoms with E-state index in [1.165, 1.54) is 58.8 Å². The maximum absolute atomic E-state index is 12.0. The normalized spacial score (nSPS) is 19.7. The van der Waals surface area contributed by atoms with E-state index in [-0.39, 0.29) is 16.7 Å². The van der Waals surface area contributed by atoms with Gasteiger partial charge < -0.3 is 4.90 Å². The lowest BCUT2D eigenvalue weighted by Gasteiger charge is -2.27. The highest BCUT2D eigenvalue weighted by Crippen LogP contribution is 2.51. The van der Waals surface area contributed by atoms with E-state index < -0.39 is 30.9 Å². The molecule has 60 heavy (non-hydrogen) atoms.